The van der Waals surface area contributed by atoms with Crippen molar-refractivity contribution in [3.63, 3.8) is 0 Å². The number of carbonyl (C=O) groups is 1. The molecule has 0 saturated carbocycles. The fraction of sp³-hybridized carbons (Fsp3) is 0.0455. The van der Waals surface area contributed by atoms with Crippen LogP contribution in [0.5, 0.6) is 5.75 Å². The molecule has 0 aromatic heterocycles. The number of phenolic OH excluding ortho intramolecular Hbond substituents is 1. The van der Waals surface area contributed by atoms with Gasteiger partial charge in [-0.05, 0) is 34.4 Å². The van der Waals surface area contributed by atoms with E-state index in [1.54, 1.807) is 18.0 Å². The molecule has 1 N–H and O–H groups in total. The average molecular weight is 327 g/mol. The lowest BCUT2D eigenvalue weighted by Gasteiger charge is -2.19. The topological polar surface area (TPSA) is 40.5 Å². The van der Waals surface area contributed by atoms with Crippen molar-refractivity contribution >= 4 is 33.1 Å². The number of rotatable bonds is 2. The Hall–Kier alpha value is -3.33. The Balaban J connectivity index is 1.75. The van der Waals surface area contributed by atoms with E-state index in [1.165, 1.54) is 0 Å². The largest absolute Gasteiger partial charge is 0.506 e. The van der Waals surface area contributed by atoms with Gasteiger partial charge >= 0.3 is 0 Å². The van der Waals surface area contributed by atoms with Crippen molar-refractivity contribution in [3.05, 3.63) is 84.4 Å². The Bertz CT molecular complexity index is 1100. The van der Waals surface area contributed by atoms with Gasteiger partial charge in [-0.25, -0.2) is 0 Å². The highest BCUT2D eigenvalue weighted by atomic mass is 16.3. The van der Waals surface area contributed by atoms with E-state index in [9.17, 15) is 9.90 Å². The molecule has 0 spiro atoms. The summed E-state index contributed by atoms with van der Waals surface area (Å²) in [5.41, 5.74) is 1.09. The third-order valence-corrected chi connectivity index (χ3v) is 4.56. The second-order valence-corrected chi connectivity index (χ2v) is 6.08. The zero-order valence-electron chi connectivity index (χ0n) is 13.8. The monoisotopic (exact) mass is 327 g/mol. The lowest BCUT2D eigenvalue weighted by Crippen LogP contribution is -2.26. The van der Waals surface area contributed by atoms with Gasteiger partial charge in [0.25, 0.3) is 5.91 Å². The first-order valence-corrected chi connectivity index (χ1v) is 8.13. The van der Waals surface area contributed by atoms with Crippen molar-refractivity contribution in [1.29, 1.82) is 0 Å². The number of hydrogen-bond donors (Lipinski definition) is 1. The minimum Gasteiger partial charge on any atom is -0.506 e. The third-order valence-electron chi connectivity index (χ3n) is 4.56. The number of carbonyl (C=O) groups excluding carboxylic acids is 1. The normalized spacial score (nSPS) is 10.9. The number of benzene rings is 4. The highest BCUT2D eigenvalue weighted by Gasteiger charge is 2.19. The van der Waals surface area contributed by atoms with Gasteiger partial charge in [-0.3, -0.25) is 4.79 Å². The molecular formula is C22H17NO2. The van der Waals surface area contributed by atoms with E-state index >= 15 is 0 Å². The van der Waals surface area contributed by atoms with Gasteiger partial charge in [-0.1, -0.05) is 60.7 Å². The van der Waals surface area contributed by atoms with E-state index in [4.69, 9.17) is 0 Å². The first kappa shape index (κ1) is 15.2. The Labute approximate surface area is 145 Å². The molecule has 0 fully saturated rings. The molecule has 1 amide bonds. The van der Waals surface area contributed by atoms with Gasteiger partial charge in [0, 0.05) is 18.1 Å². The zero-order valence-corrected chi connectivity index (χ0v) is 13.8. The lowest BCUT2D eigenvalue weighted by atomic mass is 10.0. The van der Waals surface area contributed by atoms with Crippen molar-refractivity contribution in [2.24, 2.45) is 0 Å². The van der Waals surface area contributed by atoms with E-state index in [-0.39, 0.29) is 11.7 Å². The second kappa shape index (κ2) is 5.95. The van der Waals surface area contributed by atoms with Crippen LogP contribution in [0.2, 0.25) is 0 Å². The molecule has 0 aliphatic heterocycles. The molecule has 0 unspecified atom stereocenters. The minimum atomic E-state index is -0.237. The fourth-order valence-corrected chi connectivity index (χ4v) is 3.11. The predicted octanol–water partition coefficient (Wildman–Crippen LogP) is 4.98. The molecule has 0 saturated heterocycles. The summed E-state index contributed by atoms with van der Waals surface area (Å²) in [4.78, 5) is 14.5. The fourth-order valence-electron chi connectivity index (χ4n) is 3.11. The standard InChI is InChI=1S/C22H17NO2/c1-23(18-12-10-15-6-2-3-8-17(15)14-18)22(25)20-13-11-16-7-4-5-9-19(16)21(20)24/h2-14,24H,1H3. The van der Waals surface area contributed by atoms with Gasteiger partial charge < -0.3 is 10.0 Å². The average Bonchev–Trinajstić information content (AvgIpc) is 2.67. The van der Waals surface area contributed by atoms with Gasteiger partial charge in [0.05, 0.1) is 5.56 Å². The highest BCUT2D eigenvalue weighted by molar-refractivity contribution is 6.11. The van der Waals surface area contributed by atoms with E-state index in [2.05, 4.69) is 0 Å². The van der Waals surface area contributed by atoms with Crippen LogP contribution in [0.25, 0.3) is 21.5 Å². The Morgan fingerprint density at radius 1 is 0.800 bits per heavy atom. The van der Waals surface area contributed by atoms with Gasteiger partial charge in [0.1, 0.15) is 5.75 Å². The van der Waals surface area contributed by atoms with Crippen molar-refractivity contribution in [2.75, 3.05) is 11.9 Å². The number of fused-ring (bicyclic) bond motifs is 2. The van der Waals surface area contributed by atoms with Crippen LogP contribution < -0.4 is 4.90 Å². The number of hydrogen-bond acceptors (Lipinski definition) is 2. The van der Waals surface area contributed by atoms with Gasteiger partial charge in [0.15, 0.2) is 0 Å². The molecule has 0 heterocycles. The maximum Gasteiger partial charge on any atom is 0.261 e. The van der Waals surface area contributed by atoms with Crippen LogP contribution in [0, 0.1) is 0 Å². The molecule has 3 heteroatoms. The van der Waals surface area contributed by atoms with E-state index in [0.717, 1.165) is 21.8 Å². The summed E-state index contributed by atoms with van der Waals surface area (Å²) >= 11 is 0. The minimum absolute atomic E-state index is 0.0238. The van der Waals surface area contributed by atoms with Crippen LogP contribution in [0.1, 0.15) is 10.4 Å². The van der Waals surface area contributed by atoms with Gasteiger partial charge in [-0.15, -0.1) is 0 Å². The molecule has 0 radical (unpaired) electrons. The molecule has 4 rings (SSSR count). The van der Waals surface area contributed by atoms with Crippen molar-refractivity contribution in [2.45, 2.75) is 0 Å². The van der Waals surface area contributed by atoms with Crippen LogP contribution in [0.4, 0.5) is 5.69 Å². The quantitative estimate of drug-likeness (QED) is 0.564. The Kier molecular flexibility index (Phi) is 3.62. The van der Waals surface area contributed by atoms with Crippen molar-refractivity contribution in [1.82, 2.24) is 0 Å². The van der Waals surface area contributed by atoms with Gasteiger partial charge in [0.2, 0.25) is 0 Å². The summed E-state index contributed by atoms with van der Waals surface area (Å²) < 4.78 is 0. The summed E-state index contributed by atoms with van der Waals surface area (Å²) in [6.07, 6.45) is 0. The summed E-state index contributed by atoms with van der Waals surface area (Å²) in [5.74, 6) is -0.214. The third kappa shape index (κ3) is 2.60. The molecule has 25 heavy (non-hydrogen) atoms. The molecule has 3 nitrogen and oxygen atoms in total. The van der Waals surface area contributed by atoms with Crippen LogP contribution in [-0.2, 0) is 0 Å². The maximum atomic E-state index is 12.9. The molecule has 0 atom stereocenters. The SMILES string of the molecule is CN(C(=O)c1ccc2ccccc2c1O)c1ccc2ccccc2c1. The molecule has 4 aromatic carbocycles. The predicted molar refractivity (Wildman–Crippen MR) is 102 cm³/mol. The number of anilines is 1. The number of aromatic hydroxyl groups is 1. The summed E-state index contributed by atoms with van der Waals surface area (Å²) in [6, 6.07) is 24.9. The molecule has 4 aromatic rings. The van der Waals surface area contributed by atoms with Crippen molar-refractivity contribution in [3.8, 4) is 5.75 Å². The van der Waals surface area contributed by atoms with Crippen LogP contribution in [0.15, 0.2) is 78.9 Å². The lowest BCUT2D eigenvalue weighted by molar-refractivity contribution is 0.0990. The van der Waals surface area contributed by atoms with E-state index in [1.807, 2.05) is 72.8 Å². The number of amides is 1. The molecular weight excluding hydrogens is 310 g/mol. The van der Waals surface area contributed by atoms with Crippen LogP contribution >= 0.6 is 0 Å². The van der Waals surface area contributed by atoms with E-state index in [0.29, 0.717) is 10.9 Å². The smallest absolute Gasteiger partial charge is 0.261 e. The second-order valence-electron chi connectivity index (χ2n) is 6.08. The molecule has 122 valence electrons. The van der Waals surface area contributed by atoms with E-state index < -0.39 is 0 Å². The Morgan fingerprint density at radius 2 is 1.44 bits per heavy atom. The summed E-state index contributed by atoms with van der Waals surface area (Å²) in [7, 11) is 1.72. The zero-order chi connectivity index (χ0) is 17.4. The molecule has 0 bridgehead atoms. The highest BCUT2D eigenvalue weighted by Crippen LogP contribution is 2.30. The van der Waals surface area contributed by atoms with Crippen LogP contribution in [-0.4, -0.2) is 18.1 Å². The van der Waals surface area contributed by atoms with Crippen molar-refractivity contribution < 1.29 is 9.90 Å². The van der Waals surface area contributed by atoms with Gasteiger partial charge in [-0.2, -0.15) is 0 Å². The first-order chi connectivity index (χ1) is 12.1. The van der Waals surface area contributed by atoms with Crippen LogP contribution in [0.3, 0.4) is 0 Å². The summed E-state index contributed by atoms with van der Waals surface area (Å²) in [5, 5.41) is 14.3. The number of phenols is 1. The molecule has 0 aliphatic carbocycles. The number of nitrogens with zero attached hydrogens (tertiary/aromatic N) is 1. The molecule has 0 aliphatic rings. The summed E-state index contributed by atoms with van der Waals surface area (Å²) in [6.45, 7) is 0. The first-order valence-electron chi connectivity index (χ1n) is 8.13. The maximum absolute atomic E-state index is 12.9. The Morgan fingerprint density at radius 3 is 2.24 bits per heavy atom.